The molecule has 0 unspecified atom stereocenters. The Kier molecular flexibility index (Phi) is 21.8. The molecule has 2 aliphatic rings. The average Bonchev–Trinajstić information content (AvgIpc) is 4.10. The van der Waals surface area contributed by atoms with Crippen LogP contribution in [0.4, 0.5) is 9.59 Å². The molecule has 4 atom stereocenters. The quantitative estimate of drug-likeness (QED) is 0.132. The highest BCUT2D eigenvalue weighted by Crippen LogP contribution is 2.36. The first-order valence-corrected chi connectivity index (χ1v) is 19.9. The molecular formula is C45H68N2O13. The third-order valence-electron chi connectivity index (χ3n) is 8.78. The molecule has 0 radical (unpaired) electrons. The van der Waals surface area contributed by atoms with Gasteiger partial charge < -0.3 is 33.9 Å². The Morgan fingerprint density at radius 3 is 1.35 bits per heavy atom. The van der Waals surface area contributed by atoms with E-state index in [-0.39, 0.29) is 20.6 Å². The summed E-state index contributed by atoms with van der Waals surface area (Å²) in [6.45, 7) is 13.7. The highest BCUT2D eigenvalue weighted by atomic mass is 16.6. The van der Waals surface area contributed by atoms with E-state index in [0.29, 0.717) is 24.7 Å². The minimum atomic E-state index is -1.07. The van der Waals surface area contributed by atoms with Gasteiger partial charge in [0.1, 0.15) is 42.6 Å². The van der Waals surface area contributed by atoms with Crippen LogP contribution in [0.3, 0.4) is 0 Å². The van der Waals surface area contributed by atoms with Crippen molar-refractivity contribution in [3.63, 3.8) is 0 Å². The molecule has 2 amide bonds. The van der Waals surface area contributed by atoms with Crippen molar-refractivity contribution in [2.24, 2.45) is 11.8 Å². The third kappa shape index (κ3) is 21.7. The summed E-state index contributed by atoms with van der Waals surface area (Å²) >= 11 is 0. The van der Waals surface area contributed by atoms with E-state index in [9.17, 15) is 28.8 Å². The van der Waals surface area contributed by atoms with E-state index in [1.54, 1.807) is 41.5 Å². The molecule has 0 aliphatic heterocycles. The number of rotatable bonds is 15. The van der Waals surface area contributed by atoms with Crippen LogP contribution in [0.15, 0.2) is 60.7 Å². The molecule has 2 fully saturated rings. The molecule has 0 aromatic heterocycles. The van der Waals surface area contributed by atoms with E-state index in [1.807, 2.05) is 60.7 Å². The number of benzene rings is 2. The lowest BCUT2D eigenvalue weighted by Gasteiger charge is -2.30. The summed E-state index contributed by atoms with van der Waals surface area (Å²) in [7, 11) is 3.00. The topological polar surface area (TPSA) is 196 Å². The normalized spacial score (nSPS) is 15.2. The Morgan fingerprint density at radius 2 is 1.00 bits per heavy atom. The molecule has 2 N–H and O–H groups in total. The van der Waals surface area contributed by atoms with Crippen molar-refractivity contribution >= 4 is 36.1 Å². The first kappa shape index (κ1) is 52.8. The zero-order valence-electron chi connectivity index (χ0n) is 36.2. The van der Waals surface area contributed by atoms with Crippen molar-refractivity contribution in [2.45, 2.75) is 150 Å². The molecule has 4 rings (SSSR count). The molecular weight excluding hydrogens is 776 g/mol. The molecule has 0 bridgehead atoms. The van der Waals surface area contributed by atoms with Gasteiger partial charge >= 0.3 is 36.1 Å². The molecule has 15 heteroatoms. The minimum absolute atomic E-state index is 0. The van der Waals surface area contributed by atoms with Gasteiger partial charge in [0.2, 0.25) is 0 Å². The largest absolute Gasteiger partial charge is 0.480 e. The van der Waals surface area contributed by atoms with Crippen LogP contribution < -0.4 is 0 Å². The number of aliphatic hydroxyl groups excluding tert-OH is 1. The number of carboxylic acid groups (broad SMARTS) is 1. The fourth-order valence-corrected chi connectivity index (χ4v) is 5.09. The molecule has 336 valence electrons. The first-order chi connectivity index (χ1) is 27.5. The predicted molar refractivity (Wildman–Crippen MR) is 224 cm³/mol. The van der Waals surface area contributed by atoms with Gasteiger partial charge in [0.05, 0.1) is 0 Å². The minimum Gasteiger partial charge on any atom is -0.480 e. The van der Waals surface area contributed by atoms with Gasteiger partial charge in [-0.3, -0.25) is 9.80 Å². The summed E-state index contributed by atoms with van der Waals surface area (Å²) in [6, 6.07) is 17.0. The summed E-state index contributed by atoms with van der Waals surface area (Å²) in [5.41, 5.74) is 0.481. The number of carbonyl (C=O) groups is 6. The molecule has 0 heterocycles. The Balaban J connectivity index is 0.000000492. The zero-order chi connectivity index (χ0) is 44.5. The number of nitrogens with zero attached hydrogens (tertiary/aromatic N) is 2. The molecule has 0 spiro atoms. The summed E-state index contributed by atoms with van der Waals surface area (Å²) in [5, 5.41) is 17.9. The van der Waals surface area contributed by atoms with Crippen molar-refractivity contribution < 1.29 is 62.7 Å². The van der Waals surface area contributed by atoms with Gasteiger partial charge in [-0.1, -0.05) is 93.8 Å². The van der Waals surface area contributed by atoms with E-state index >= 15 is 0 Å². The predicted octanol–water partition coefficient (Wildman–Crippen LogP) is 7.55. The second kappa shape index (κ2) is 24.8. The molecule has 2 aliphatic carbocycles. The van der Waals surface area contributed by atoms with Crippen LogP contribution in [0.1, 0.15) is 112 Å². The van der Waals surface area contributed by atoms with Crippen molar-refractivity contribution in [3.8, 4) is 0 Å². The highest BCUT2D eigenvalue weighted by Gasteiger charge is 2.38. The number of hydrogen-bond donors (Lipinski definition) is 2. The van der Waals surface area contributed by atoms with E-state index < -0.39 is 71.6 Å². The van der Waals surface area contributed by atoms with Crippen molar-refractivity contribution in [1.29, 1.82) is 0 Å². The summed E-state index contributed by atoms with van der Waals surface area (Å²) < 4.78 is 25.9. The van der Waals surface area contributed by atoms with Gasteiger partial charge in [-0.15, -0.1) is 0 Å². The number of amides is 2. The number of aliphatic carboxylic acids is 1. The van der Waals surface area contributed by atoms with Gasteiger partial charge in [-0.2, -0.15) is 0 Å². The zero-order valence-corrected chi connectivity index (χ0v) is 36.2. The molecule has 2 aromatic carbocycles. The maximum atomic E-state index is 12.7. The standard InChI is InChI=1S/C22H31NO6.C12H21NO4.C10H12O3.CH4/c1-15(19(24)27-14-17-9-7-6-8-10-17)28-20(25)18(13-16-11-12-16)23(5)21(26)29-22(2,3)4;1-12(2,3)17-11(16)13(4)9(10(14)15)7-8-5-6-8;1-8(11)10(12)13-7-9-5-3-2-4-6-9;/h6-10,15-16,18H,11-14H2,1-5H3;8-9H,5-7H2,1-4H3,(H,14,15);2-6,8,11H,7H2,1H3;1H4/t15-,18+;9-;8-;/m100./s1. The molecule has 2 saturated carbocycles. The van der Waals surface area contributed by atoms with Gasteiger partial charge in [-0.05, 0) is 91.2 Å². The van der Waals surface area contributed by atoms with Gasteiger partial charge in [-0.25, -0.2) is 28.8 Å². The van der Waals surface area contributed by atoms with Crippen molar-refractivity contribution in [2.75, 3.05) is 14.1 Å². The van der Waals surface area contributed by atoms with Crippen LogP contribution in [0.25, 0.3) is 0 Å². The Hall–Kier alpha value is -5.18. The highest BCUT2D eigenvalue weighted by molar-refractivity contribution is 5.84. The summed E-state index contributed by atoms with van der Waals surface area (Å²) in [4.78, 5) is 73.5. The smallest absolute Gasteiger partial charge is 0.410 e. The average molecular weight is 845 g/mol. The van der Waals surface area contributed by atoms with Crippen LogP contribution in [0, 0.1) is 11.8 Å². The number of carbonyl (C=O) groups excluding carboxylic acids is 5. The van der Waals surface area contributed by atoms with E-state index in [2.05, 4.69) is 0 Å². The van der Waals surface area contributed by atoms with Crippen LogP contribution >= 0.6 is 0 Å². The summed E-state index contributed by atoms with van der Waals surface area (Å²) in [5.74, 6) is -2.01. The van der Waals surface area contributed by atoms with Crippen molar-refractivity contribution in [3.05, 3.63) is 71.8 Å². The van der Waals surface area contributed by atoms with Crippen molar-refractivity contribution in [1.82, 2.24) is 9.80 Å². The number of carboxylic acids is 1. The maximum absolute atomic E-state index is 12.7. The second-order valence-corrected chi connectivity index (χ2v) is 16.9. The molecule has 0 saturated heterocycles. The van der Waals surface area contributed by atoms with Crippen LogP contribution in [0.5, 0.6) is 0 Å². The lowest BCUT2D eigenvalue weighted by Crippen LogP contribution is -2.47. The van der Waals surface area contributed by atoms with Gasteiger partial charge in [0, 0.05) is 14.1 Å². The molecule has 15 nitrogen and oxygen atoms in total. The fourth-order valence-electron chi connectivity index (χ4n) is 5.09. The maximum Gasteiger partial charge on any atom is 0.410 e. The summed E-state index contributed by atoms with van der Waals surface area (Å²) in [6.07, 6.45) is 1.86. The van der Waals surface area contributed by atoms with E-state index in [4.69, 9.17) is 33.9 Å². The van der Waals surface area contributed by atoms with Crippen LogP contribution in [0.2, 0.25) is 0 Å². The number of likely N-dealkylation sites (N-methyl/N-ethyl adjacent to an activating group) is 2. The Morgan fingerprint density at radius 1 is 0.633 bits per heavy atom. The van der Waals surface area contributed by atoms with E-state index in [0.717, 1.165) is 36.8 Å². The number of hydrogen-bond acceptors (Lipinski definition) is 12. The fraction of sp³-hybridized carbons (Fsp3) is 0.600. The second-order valence-electron chi connectivity index (χ2n) is 16.9. The number of aliphatic hydroxyl groups is 1. The first-order valence-electron chi connectivity index (χ1n) is 19.9. The SMILES string of the molecule is C.CN(C(=O)OC(C)(C)C)[C@@H](CC1CC1)C(=O)O.C[C@@H](OC(=O)[C@H](CC1CC1)N(C)C(=O)OC(C)(C)C)C(=O)OCc1ccccc1.C[C@H](O)C(=O)OCc1ccccc1. The van der Waals surface area contributed by atoms with Gasteiger partial charge in [0.15, 0.2) is 6.10 Å². The third-order valence-corrected chi connectivity index (χ3v) is 8.78. The monoisotopic (exact) mass is 844 g/mol. The number of ether oxygens (including phenoxy) is 5. The van der Waals surface area contributed by atoms with Crippen LogP contribution in [-0.4, -0.2) is 106 Å². The van der Waals surface area contributed by atoms with E-state index in [1.165, 1.54) is 37.7 Å². The molecule has 2 aromatic rings. The van der Waals surface area contributed by atoms with Crippen LogP contribution in [-0.2, 0) is 56.1 Å². The Bertz CT molecular complexity index is 1650. The Labute approximate surface area is 355 Å². The molecule has 60 heavy (non-hydrogen) atoms. The lowest BCUT2D eigenvalue weighted by molar-refractivity contribution is -0.170. The number of esters is 3. The van der Waals surface area contributed by atoms with Gasteiger partial charge in [0.25, 0.3) is 0 Å². The lowest BCUT2D eigenvalue weighted by atomic mass is 10.1.